The van der Waals surface area contributed by atoms with E-state index in [-0.39, 0.29) is 31.2 Å². The Bertz CT molecular complexity index is 712. The van der Waals surface area contributed by atoms with E-state index in [1.54, 1.807) is 12.3 Å². The summed E-state index contributed by atoms with van der Waals surface area (Å²) in [4.78, 5) is 16.3. The van der Waals surface area contributed by atoms with E-state index in [1.165, 1.54) is 10.9 Å². The van der Waals surface area contributed by atoms with Crippen molar-refractivity contribution in [1.82, 2.24) is 19.3 Å². The quantitative estimate of drug-likeness (QED) is 0.822. The third-order valence-electron chi connectivity index (χ3n) is 2.78. The minimum Gasteiger partial charge on any atom is -0.327 e. The molecule has 0 atom stereocenters. The lowest BCUT2D eigenvalue weighted by Crippen LogP contribution is -2.26. The molecule has 0 fully saturated rings. The van der Waals surface area contributed by atoms with E-state index in [0.29, 0.717) is 22.2 Å². The number of pyridine rings is 1. The zero-order chi connectivity index (χ0) is 14.7. The van der Waals surface area contributed by atoms with Crippen molar-refractivity contribution in [3.63, 3.8) is 0 Å². The fourth-order valence-corrected chi connectivity index (χ4v) is 1.85. The van der Waals surface area contributed by atoms with Crippen molar-refractivity contribution in [2.45, 2.75) is 13.5 Å². The van der Waals surface area contributed by atoms with E-state index in [9.17, 15) is 9.18 Å². The Kier molecular flexibility index (Phi) is 6.25. The minimum absolute atomic E-state index is 0. The fourth-order valence-electron chi connectivity index (χ4n) is 1.63. The van der Waals surface area contributed by atoms with Gasteiger partial charge in [0.25, 0.3) is 0 Å². The van der Waals surface area contributed by atoms with Crippen molar-refractivity contribution in [3.8, 4) is 5.69 Å². The smallest absolute Gasteiger partial charge is 0.327 e. The summed E-state index contributed by atoms with van der Waals surface area (Å²) >= 11 is 3.29. The molecule has 0 unspecified atom stereocenters. The fraction of sp³-hybridized carbons (Fsp3) is 0.250. The molecule has 0 amide bonds. The highest BCUT2D eigenvalue weighted by Gasteiger charge is 2.09. The first-order valence-corrected chi connectivity index (χ1v) is 6.61. The standard InChI is InChI=1S/C12H13BrFN5O.ClH/c1-8-2-10(5-16-11(8)13)18-7-17-19(12(18)20)6-9(3-14)4-15;/h2-3,5,7H,4,6,15H2,1H3;1H/b9-3+;. The molecule has 0 bridgehead atoms. The van der Waals surface area contributed by atoms with E-state index in [0.717, 1.165) is 10.2 Å². The van der Waals surface area contributed by atoms with E-state index < -0.39 is 0 Å². The number of aryl methyl sites for hydroxylation is 1. The lowest BCUT2D eigenvalue weighted by molar-refractivity contribution is 0.612. The highest BCUT2D eigenvalue weighted by atomic mass is 79.9. The van der Waals surface area contributed by atoms with Gasteiger partial charge in [0, 0.05) is 6.54 Å². The predicted molar refractivity (Wildman–Crippen MR) is 83.5 cm³/mol. The predicted octanol–water partition coefficient (Wildman–Crippen LogP) is 1.73. The molecule has 0 saturated heterocycles. The maximum absolute atomic E-state index is 12.5. The zero-order valence-electron chi connectivity index (χ0n) is 11.2. The molecule has 6 nitrogen and oxygen atoms in total. The van der Waals surface area contributed by atoms with Crippen LogP contribution in [0.5, 0.6) is 0 Å². The lowest BCUT2D eigenvalue weighted by atomic mass is 10.3. The number of hydrogen-bond donors (Lipinski definition) is 1. The van der Waals surface area contributed by atoms with Gasteiger partial charge in [-0.2, -0.15) is 5.10 Å². The van der Waals surface area contributed by atoms with Gasteiger partial charge in [0.15, 0.2) is 0 Å². The topological polar surface area (TPSA) is 78.7 Å². The van der Waals surface area contributed by atoms with Crippen molar-refractivity contribution < 1.29 is 4.39 Å². The van der Waals surface area contributed by atoms with Crippen LogP contribution < -0.4 is 11.4 Å². The van der Waals surface area contributed by atoms with Gasteiger partial charge >= 0.3 is 5.69 Å². The van der Waals surface area contributed by atoms with Gasteiger partial charge in [0.1, 0.15) is 10.9 Å². The average molecular weight is 379 g/mol. The number of nitrogens with two attached hydrogens (primary N) is 1. The molecule has 0 aromatic carbocycles. The summed E-state index contributed by atoms with van der Waals surface area (Å²) < 4.78 is 15.7. The van der Waals surface area contributed by atoms with Crippen molar-refractivity contribution in [2.24, 2.45) is 5.73 Å². The number of rotatable bonds is 4. The van der Waals surface area contributed by atoms with Crippen molar-refractivity contribution in [3.05, 3.63) is 51.1 Å². The van der Waals surface area contributed by atoms with Gasteiger partial charge in [-0.25, -0.2) is 23.4 Å². The summed E-state index contributed by atoms with van der Waals surface area (Å²) in [5.74, 6) is 0. The minimum atomic E-state index is -0.374. The second-order valence-corrected chi connectivity index (χ2v) is 4.97. The van der Waals surface area contributed by atoms with Gasteiger partial charge in [0.2, 0.25) is 0 Å². The van der Waals surface area contributed by atoms with Gasteiger partial charge in [-0.05, 0) is 40.1 Å². The monoisotopic (exact) mass is 377 g/mol. The van der Waals surface area contributed by atoms with Crippen molar-refractivity contribution in [1.29, 1.82) is 0 Å². The molecule has 2 rings (SSSR count). The molecule has 0 aliphatic rings. The SMILES string of the molecule is Cc1cc(-n2cnn(C/C(=C/F)CN)c2=O)cnc1Br.Cl. The molecule has 0 aliphatic carbocycles. The normalized spacial score (nSPS) is 11.3. The first-order valence-electron chi connectivity index (χ1n) is 5.82. The van der Waals surface area contributed by atoms with Crippen LogP contribution in [-0.2, 0) is 6.54 Å². The number of nitrogens with zero attached hydrogens (tertiary/aromatic N) is 4. The Labute approximate surface area is 135 Å². The first kappa shape index (κ1) is 17.5. The van der Waals surface area contributed by atoms with Gasteiger partial charge in [-0.1, -0.05) is 0 Å². The summed E-state index contributed by atoms with van der Waals surface area (Å²) in [6.45, 7) is 1.94. The Morgan fingerprint density at radius 3 is 2.86 bits per heavy atom. The van der Waals surface area contributed by atoms with E-state index in [4.69, 9.17) is 5.73 Å². The lowest BCUT2D eigenvalue weighted by Gasteiger charge is -2.03. The molecule has 0 spiro atoms. The number of aromatic nitrogens is 4. The van der Waals surface area contributed by atoms with Gasteiger partial charge in [-0.15, -0.1) is 12.4 Å². The van der Waals surface area contributed by atoms with Crippen LogP contribution in [0.25, 0.3) is 5.69 Å². The molecule has 9 heteroatoms. The molecule has 0 radical (unpaired) electrons. The summed E-state index contributed by atoms with van der Waals surface area (Å²) in [7, 11) is 0. The van der Waals surface area contributed by atoms with Crippen LogP contribution in [0.3, 0.4) is 0 Å². The average Bonchev–Trinajstić information content (AvgIpc) is 2.80. The maximum Gasteiger partial charge on any atom is 0.350 e. The molecule has 2 N–H and O–H groups in total. The van der Waals surface area contributed by atoms with Gasteiger partial charge < -0.3 is 5.73 Å². The molecule has 2 aromatic heterocycles. The van der Waals surface area contributed by atoms with Gasteiger partial charge in [-0.3, -0.25) is 0 Å². The third kappa shape index (κ3) is 3.78. The largest absolute Gasteiger partial charge is 0.350 e. The van der Waals surface area contributed by atoms with Crippen LogP contribution in [0.2, 0.25) is 0 Å². The molecule has 2 aromatic rings. The van der Waals surface area contributed by atoms with Crippen LogP contribution >= 0.6 is 28.3 Å². The Balaban J connectivity index is 0.00000220. The van der Waals surface area contributed by atoms with E-state index in [1.807, 2.05) is 6.92 Å². The van der Waals surface area contributed by atoms with Crippen LogP contribution in [0, 0.1) is 6.92 Å². The molecule has 0 saturated carbocycles. The number of hydrogen-bond acceptors (Lipinski definition) is 4. The van der Waals surface area contributed by atoms with Crippen LogP contribution in [-0.4, -0.2) is 25.9 Å². The molecule has 2 heterocycles. The Hall–Kier alpha value is -1.51. The molecule has 21 heavy (non-hydrogen) atoms. The molecular weight excluding hydrogens is 365 g/mol. The molecular formula is C12H14BrClFN5O. The highest BCUT2D eigenvalue weighted by Crippen LogP contribution is 2.15. The van der Waals surface area contributed by atoms with Crippen molar-refractivity contribution in [2.75, 3.05) is 6.54 Å². The zero-order valence-corrected chi connectivity index (χ0v) is 13.6. The van der Waals surface area contributed by atoms with Crippen LogP contribution in [0.1, 0.15) is 5.56 Å². The van der Waals surface area contributed by atoms with Gasteiger partial charge in [0.05, 0.1) is 24.8 Å². The Morgan fingerprint density at radius 2 is 2.29 bits per heavy atom. The maximum atomic E-state index is 12.5. The second kappa shape index (κ2) is 7.48. The summed E-state index contributed by atoms with van der Waals surface area (Å²) in [5, 5.41) is 3.94. The summed E-state index contributed by atoms with van der Waals surface area (Å²) in [6, 6.07) is 1.80. The van der Waals surface area contributed by atoms with Crippen molar-refractivity contribution >= 4 is 28.3 Å². The third-order valence-corrected chi connectivity index (χ3v) is 3.61. The first-order chi connectivity index (χ1) is 9.56. The van der Waals surface area contributed by atoms with E-state index in [2.05, 4.69) is 26.0 Å². The highest BCUT2D eigenvalue weighted by molar-refractivity contribution is 9.10. The Morgan fingerprint density at radius 1 is 1.57 bits per heavy atom. The number of halogens is 3. The summed E-state index contributed by atoms with van der Waals surface area (Å²) in [5.41, 5.74) is 6.78. The summed E-state index contributed by atoms with van der Waals surface area (Å²) in [6.07, 6.45) is 3.33. The van der Waals surface area contributed by atoms with Crippen LogP contribution in [0.4, 0.5) is 4.39 Å². The van der Waals surface area contributed by atoms with E-state index >= 15 is 0 Å². The van der Waals surface area contributed by atoms with Crippen LogP contribution in [0.15, 0.2) is 39.9 Å². The molecule has 0 aliphatic heterocycles. The molecule has 114 valence electrons. The second-order valence-electron chi connectivity index (χ2n) is 4.21.